The standard InChI is InChI=1S/C17H24F2N4O/c1-20-17(22-11-15(18)19)21-10-14-9-16(24)23(12-14)8-7-13-5-3-2-4-6-13/h2-6,14-15H,7-12H2,1H3,(H2,20,21,22). The van der Waals surface area contributed by atoms with Crippen LogP contribution >= 0.6 is 0 Å². The van der Waals surface area contributed by atoms with Crippen molar-refractivity contribution in [2.45, 2.75) is 19.3 Å². The van der Waals surface area contributed by atoms with Crippen LogP contribution in [0, 0.1) is 5.92 Å². The third-order valence-corrected chi connectivity index (χ3v) is 4.01. The minimum atomic E-state index is -2.43. The van der Waals surface area contributed by atoms with E-state index in [2.05, 4.69) is 27.8 Å². The summed E-state index contributed by atoms with van der Waals surface area (Å²) in [6.45, 7) is 1.49. The lowest BCUT2D eigenvalue weighted by atomic mass is 10.1. The van der Waals surface area contributed by atoms with Crippen molar-refractivity contribution >= 4 is 11.9 Å². The smallest absolute Gasteiger partial charge is 0.255 e. The third-order valence-electron chi connectivity index (χ3n) is 4.01. The quantitative estimate of drug-likeness (QED) is 0.585. The van der Waals surface area contributed by atoms with Crippen LogP contribution in [0.1, 0.15) is 12.0 Å². The van der Waals surface area contributed by atoms with Gasteiger partial charge in [0.2, 0.25) is 5.91 Å². The van der Waals surface area contributed by atoms with Crippen molar-refractivity contribution in [2.24, 2.45) is 10.9 Å². The summed E-state index contributed by atoms with van der Waals surface area (Å²) >= 11 is 0. The molecule has 1 amide bonds. The monoisotopic (exact) mass is 338 g/mol. The lowest BCUT2D eigenvalue weighted by molar-refractivity contribution is -0.127. The summed E-state index contributed by atoms with van der Waals surface area (Å²) in [4.78, 5) is 17.9. The largest absolute Gasteiger partial charge is 0.356 e. The fraction of sp³-hybridized carbons (Fsp3) is 0.529. The van der Waals surface area contributed by atoms with Gasteiger partial charge in [-0.2, -0.15) is 0 Å². The van der Waals surface area contributed by atoms with Crippen LogP contribution in [0.25, 0.3) is 0 Å². The van der Waals surface area contributed by atoms with Crippen molar-refractivity contribution in [2.75, 3.05) is 33.2 Å². The van der Waals surface area contributed by atoms with E-state index in [0.717, 1.165) is 6.42 Å². The van der Waals surface area contributed by atoms with Crippen molar-refractivity contribution in [3.63, 3.8) is 0 Å². The zero-order valence-corrected chi connectivity index (χ0v) is 13.8. The maximum atomic E-state index is 12.2. The highest BCUT2D eigenvalue weighted by molar-refractivity contribution is 5.80. The Morgan fingerprint density at radius 2 is 2.08 bits per heavy atom. The van der Waals surface area contributed by atoms with Gasteiger partial charge in [0, 0.05) is 39.0 Å². The number of carbonyl (C=O) groups excluding carboxylic acids is 1. The predicted octanol–water partition coefficient (Wildman–Crippen LogP) is 1.51. The average molecular weight is 338 g/mol. The summed E-state index contributed by atoms with van der Waals surface area (Å²) in [6.07, 6.45) is -1.11. The van der Waals surface area contributed by atoms with Gasteiger partial charge in [-0.25, -0.2) is 8.78 Å². The summed E-state index contributed by atoms with van der Waals surface area (Å²) in [6, 6.07) is 10.1. The Morgan fingerprint density at radius 1 is 1.33 bits per heavy atom. The molecule has 1 heterocycles. The number of carbonyl (C=O) groups is 1. The number of nitrogens with zero attached hydrogens (tertiary/aromatic N) is 2. The molecule has 1 aromatic rings. The predicted molar refractivity (Wildman–Crippen MR) is 90.2 cm³/mol. The molecule has 0 radical (unpaired) electrons. The molecule has 2 N–H and O–H groups in total. The van der Waals surface area contributed by atoms with E-state index in [9.17, 15) is 13.6 Å². The first-order chi connectivity index (χ1) is 11.6. The lowest BCUT2D eigenvalue weighted by Crippen LogP contribution is -2.42. The van der Waals surface area contributed by atoms with Gasteiger partial charge in [-0.3, -0.25) is 9.79 Å². The van der Waals surface area contributed by atoms with Crippen molar-refractivity contribution in [3.8, 4) is 0 Å². The van der Waals surface area contributed by atoms with Gasteiger partial charge in [0.05, 0.1) is 6.54 Å². The van der Waals surface area contributed by atoms with E-state index in [1.54, 1.807) is 0 Å². The van der Waals surface area contributed by atoms with E-state index in [-0.39, 0.29) is 11.8 Å². The second-order valence-corrected chi connectivity index (χ2v) is 5.87. The van der Waals surface area contributed by atoms with E-state index < -0.39 is 13.0 Å². The molecule has 0 spiro atoms. The lowest BCUT2D eigenvalue weighted by Gasteiger charge is -2.18. The summed E-state index contributed by atoms with van der Waals surface area (Å²) in [5.74, 6) is 0.650. The molecule has 132 valence electrons. The highest BCUT2D eigenvalue weighted by atomic mass is 19.3. The molecular weight excluding hydrogens is 314 g/mol. The number of aliphatic imine (C=N–C) groups is 1. The van der Waals surface area contributed by atoms with Crippen LogP contribution in [0.3, 0.4) is 0 Å². The van der Waals surface area contributed by atoms with Gasteiger partial charge in [-0.15, -0.1) is 0 Å². The molecule has 0 saturated carbocycles. The Balaban J connectivity index is 1.73. The minimum Gasteiger partial charge on any atom is -0.356 e. The maximum absolute atomic E-state index is 12.2. The molecule has 0 aromatic heterocycles. The van der Waals surface area contributed by atoms with Gasteiger partial charge < -0.3 is 15.5 Å². The molecule has 1 aliphatic rings. The number of halogens is 2. The van der Waals surface area contributed by atoms with Gasteiger partial charge >= 0.3 is 0 Å². The first kappa shape index (κ1) is 18.2. The number of benzene rings is 1. The molecular formula is C17H24F2N4O. The first-order valence-corrected chi connectivity index (χ1v) is 8.13. The Labute approximate surface area is 141 Å². The number of likely N-dealkylation sites (tertiary alicyclic amines) is 1. The first-order valence-electron chi connectivity index (χ1n) is 8.13. The minimum absolute atomic E-state index is 0.147. The van der Waals surface area contributed by atoms with E-state index in [1.807, 2.05) is 23.1 Å². The maximum Gasteiger partial charge on any atom is 0.255 e. The van der Waals surface area contributed by atoms with Gasteiger partial charge in [-0.05, 0) is 12.0 Å². The zero-order chi connectivity index (χ0) is 17.4. The molecule has 24 heavy (non-hydrogen) atoms. The summed E-state index contributed by atoms with van der Waals surface area (Å²) < 4.78 is 24.4. The molecule has 1 aliphatic heterocycles. The van der Waals surface area contributed by atoms with E-state index >= 15 is 0 Å². The highest BCUT2D eigenvalue weighted by Crippen LogP contribution is 2.17. The SMILES string of the molecule is CN=C(NCC(F)F)NCC1CC(=O)N(CCc2ccccc2)C1. The van der Waals surface area contributed by atoms with Gasteiger partial charge in [-0.1, -0.05) is 30.3 Å². The topological polar surface area (TPSA) is 56.7 Å². The van der Waals surface area contributed by atoms with Crippen molar-refractivity contribution < 1.29 is 13.6 Å². The zero-order valence-electron chi connectivity index (χ0n) is 13.8. The molecule has 2 rings (SSSR count). The summed E-state index contributed by atoms with van der Waals surface area (Å²) in [5.41, 5.74) is 1.21. The van der Waals surface area contributed by atoms with Crippen LogP contribution in [-0.4, -0.2) is 56.4 Å². The number of hydrogen-bond acceptors (Lipinski definition) is 2. The van der Waals surface area contributed by atoms with Crippen molar-refractivity contribution in [1.29, 1.82) is 0 Å². The number of alkyl halides is 2. The number of guanidine groups is 1. The Morgan fingerprint density at radius 3 is 2.75 bits per heavy atom. The normalized spacial score (nSPS) is 18.3. The van der Waals surface area contributed by atoms with Crippen LogP contribution in [0.5, 0.6) is 0 Å². The fourth-order valence-electron chi connectivity index (χ4n) is 2.75. The molecule has 5 nitrogen and oxygen atoms in total. The van der Waals surface area contributed by atoms with Crippen molar-refractivity contribution in [1.82, 2.24) is 15.5 Å². The Hall–Kier alpha value is -2.18. The molecule has 1 unspecified atom stereocenters. The second-order valence-electron chi connectivity index (χ2n) is 5.87. The second kappa shape index (κ2) is 9.20. The number of amides is 1. The van der Waals surface area contributed by atoms with Crippen LogP contribution in [0.2, 0.25) is 0 Å². The average Bonchev–Trinajstić information content (AvgIpc) is 2.94. The van der Waals surface area contributed by atoms with Crippen LogP contribution in [0.4, 0.5) is 8.78 Å². The number of rotatable bonds is 7. The van der Waals surface area contributed by atoms with Crippen LogP contribution in [-0.2, 0) is 11.2 Å². The van der Waals surface area contributed by atoms with E-state index in [4.69, 9.17) is 0 Å². The molecule has 7 heteroatoms. The number of hydrogen-bond donors (Lipinski definition) is 2. The van der Waals surface area contributed by atoms with E-state index in [1.165, 1.54) is 12.6 Å². The van der Waals surface area contributed by atoms with Crippen molar-refractivity contribution in [3.05, 3.63) is 35.9 Å². The molecule has 0 bridgehead atoms. The summed E-state index contributed by atoms with van der Waals surface area (Å²) in [5, 5.41) is 5.56. The molecule has 1 atom stereocenters. The van der Waals surface area contributed by atoms with Gasteiger partial charge in [0.1, 0.15) is 0 Å². The molecule has 1 saturated heterocycles. The Bertz CT molecular complexity index is 551. The van der Waals surface area contributed by atoms with E-state index in [0.29, 0.717) is 32.0 Å². The molecule has 1 fully saturated rings. The van der Waals surface area contributed by atoms with Crippen LogP contribution in [0.15, 0.2) is 35.3 Å². The highest BCUT2D eigenvalue weighted by Gasteiger charge is 2.29. The van der Waals surface area contributed by atoms with Gasteiger partial charge in [0.15, 0.2) is 5.96 Å². The van der Waals surface area contributed by atoms with Crippen LogP contribution < -0.4 is 10.6 Å². The Kier molecular flexibility index (Phi) is 6.96. The third kappa shape index (κ3) is 5.79. The number of nitrogens with one attached hydrogen (secondary N) is 2. The summed E-state index contributed by atoms with van der Waals surface area (Å²) in [7, 11) is 1.53. The van der Waals surface area contributed by atoms with Gasteiger partial charge in [0.25, 0.3) is 6.43 Å². The molecule has 1 aromatic carbocycles. The molecule has 0 aliphatic carbocycles. The fourth-order valence-corrected chi connectivity index (χ4v) is 2.75.